The van der Waals surface area contributed by atoms with Gasteiger partial charge < -0.3 is 9.84 Å². The molecule has 0 radical (unpaired) electrons. The maximum atomic E-state index is 13.4. The van der Waals surface area contributed by atoms with Gasteiger partial charge in [-0.25, -0.2) is 9.78 Å². The van der Waals surface area contributed by atoms with Crippen molar-refractivity contribution in [3.05, 3.63) is 75.7 Å². The highest BCUT2D eigenvalue weighted by Crippen LogP contribution is 2.39. The molecule has 0 saturated carbocycles. The van der Waals surface area contributed by atoms with Crippen molar-refractivity contribution in [3.8, 4) is 17.0 Å². The van der Waals surface area contributed by atoms with Crippen LogP contribution in [0.1, 0.15) is 21.7 Å². The number of carboxylic acids is 1. The van der Waals surface area contributed by atoms with Gasteiger partial charge in [-0.15, -0.1) is 0 Å². The first-order valence-electron chi connectivity index (χ1n) is 8.00. The van der Waals surface area contributed by atoms with Crippen LogP contribution in [0, 0.1) is 0 Å². The second-order valence-corrected chi connectivity index (χ2v) is 6.59. The van der Waals surface area contributed by atoms with Crippen LogP contribution in [0.15, 0.2) is 48.7 Å². The van der Waals surface area contributed by atoms with E-state index in [0.717, 1.165) is 0 Å². The van der Waals surface area contributed by atoms with Gasteiger partial charge in [0.1, 0.15) is 18.1 Å². The Bertz CT molecular complexity index is 1060. The number of ether oxygens (including phenoxy) is 1. The average Bonchev–Trinajstić information content (AvgIpc) is 2.68. The van der Waals surface area contributed by atoms with Gasteiger partial charge in [0.05, 0.1) is 21.3 Å². The normalized spacial score (nSPS) is 11.3. The van der Waals surface area contributed by atoms with Gasteiger partial charge in [0.25, 0.3) is 0 Å². The Morgan fingerprint density at radius 3 is 2.45 bits per heavy atom. The number of aromatic carboxylic acids is 1. The molecular weight excluding hydrogens is 432 g/mol. The molecule has 29 heavy (non-hydrogen) atoms. The Kier molecular flexibility index (Phi) is 5.95. The summed E-state index contributed by atoms with van der Waals surface area (Å²) in [6.07, 6.45) is -3.44. The van der Waals surface area contributed by atoms with Gasteiger partial charge in [-0.3, -0.25) is 4.98 Å². The smallest absolute Gasteiger partial charge is 0.418 e. The van der Waals surface area contributed by atoms with Crippen LogP contribution in [0.2, 0.25) is 10.0 Å². The van der Waals surface area contributed by atoms with E-state index in [1.54, 1.807) is 18.2 Å². The number of hydrogen-bond acceptors (Lipinski definition) is 4. The molecule has 2 aromatic heterocycles. The third-order valence-electron chi connectivity index (χ3n) is 3.79. The standard InChI is InChI=1S/C19H11Cl2F3N2O3/c20-13-5-4-10(7-14(13)21)16-15(29-9-11-3-1-2-6-25-11)8-12(19(22,23)24)17(26-16)18(27)28/h1-8H,9H2,(H,27,28). The summed E-state index contributed by atoms with van der Waals surface area (Å²) in [4.78, 5) is 19.2. The lowest BCUT2D eigenvalue weighted by Gasteiger charge is -2.16. The molecule has 10 heteroatoms. The lowest BCUT2D eigenvalue weighted by Crippen LogP contribution is -2.16. The number of nitrogens with zero attached hydrogens (tertiary/aromatic N) is 2. The number of hydrogen-bond donors (Lipinski definition) is 1. The van der Waals surface area contributed by atoms with Crippen LogP contribution in [-0.4, -0.2) is 21.0 Å². The summed E-state index contributed by atoms with van der Waals surface area (Å²) in [5.41, 5.74) is -1.99. The van der Waals surface area contributed by atoms with Gasteiger partial charge in [-0.1, -0.05) is 35.3 Å². The molecule has 0 amide bonds. The molecule has 0 atom stereocenters. The van der Waals surface area contributed by atoms with E-state index in [1.807, 2.05) is 0 Å². The van der Waals surface area contributed by atoms with E-state index in [4.69, 9.17) is 27.9 Å². The van der Waals surface area contributed by atoms with Crippen LogP contribution in [0.5, 0.6) is 5.75 Å². The third kappa shape index (κ3) is 4.78. The van der Waals surface area contributed by atoms with Crippen molar-refractivity contribution in [1.29, 1.82) is 0 Å². The Labute approximate surface area is 172 Å². The molecule has 0 aliphatic carbocycles. The third-order valence-corrected chi connectivity index (χ3v) is 4.53. The largest absolute Gasteiger partial charge is 0.485 e. The monoisotopic (exact) mass is 442 g/mol. The zero-order chi connectivity index (χ0) is 21.2. The SMILES string of the molecule is O=C(O)c1nc(-c2ccc(Cl)c(Cl)c2)c(OCc2ccccn2)cc1C(F)(F)F. The molecule has 0 fully saturated rings. The first-order chi connectivity index (χ1) is 13.7. The number of rotatable bonds is 5. The van der Waals surface area contributed by atoms with E-state index in [9.17, 15) is 23.1 Å². The highest BCUT2D eigenvalue weighted by atomic mass is 35.5. The van der Waals surface area contributed by atoms with Crippen LogP contribution in [0.4, 0.5) is 13.2 Å². The Morgan fingerprint density at radius 1 is 1.10 bits per heavy atom. The zero-order valence-electron chi connectivity index (χ0n) is 14.4. The lowest BCUT2D eigenvalue weighted by atomic mass is 10.1. The number of carboxylic acid groups (broad SMARTS) is 1. The van der Waals surface area contributed by atoms with Gasteiger partial charge in [0.15, 0.2) is 5.69 Å². The molecule has 3 rings (SSSR count). The quantitative estimate of drug-likeness (QED) is 0.544. The van der Waals surface area contributed by atoms with Crippen molar-refractivity contribution in [3.63, 3.8) is 0 Å². The Balaban J connectivity index is 2.16. The number of pyridine rings is 2. The van der Waals surface area contributed by atoms with Gasteiger partial charge in [-0.05, 0) is 30.3 Å². The summed E-state index contributed by atoms with van der Waals surface area (Å²) in [6, 6.07) is 9.83. The van der Waals surface area contributed by atoms with Crippen molar-refractivity contribution in [2.24, 2.45) is 0 Å². The fourth-order valence-corrected chi connectivity index (χ4v) is 2.77. The fraction of sp³-hybridized carbons (Fsp3) is 0.105. The number of halogens is 5. The summed E-state index contributed by atoms with van der Waals surface area (Å²) in [6.45, 7) is -0.152. The number of aromatic nitrogens is 2. The summed E-state index contributed by atoms with van der Waals surface area (Å²) in [5, 5.41) is 9.58. The van der Waals surface area contributed by atoms with Gasteiger partial charge in [0.2, 0.25) is 0 Å². The predicted molar refractivity (Wildman–Crippen MR) is 100 cm³/mol. The first-order valence-corrected chi connectivity index (χ1v) is 8.76. The van der Waals surface area contributed by atoms with Crippen LogP contribution < -0.4 is 4.74 Å². The summed E-state index contributed by atoms with van der Waals surface area (Å²) >= 11 is 11.9. The Morgan fingerprint density at radius 2 is 1.86 bits per heavy atom. The van der Waals surface area contributed by atoms with Crippen molar-refractivity contribution in [2.45, 2.75) is 12.8 Å². The van der Waals surface area contributed by atoms with E-state index in [-0.39, 0.29) is 33.7 Å². The minimum atomic E-state index is -4.94. The molecule has 3 aromatic rings. The summed E-state index contributed by atoms with van der Waals surface area (Å²) < 4.78 is 45.7. The van der Waals surface area contributed by atoms with Crippen molar-refractivity contribution >= 4 is 29.2 Å². The van der Waals surface area contributed by atoms with Gasteiger partial charge >= 0.3 is 12.1 Å². The molecule has 0 aliphatic rings. The summed E-state index contributed by atoms with van der Waals surface area (Å²) in [7, 11) is 0. The molecule has 5 nitrogen and oxygen atoms in total. The molecule has 1 aromatic carbocycles. The average molecular weight is 443 g/mol. The minimum Gasteiger partial charge on any atom is -0.485 e. The van der Waals surface area contributed by atoms with Crippen molar-refractivity contribution < 1.29 is 27.8 Å². The van der Waals surface area contributed by atoms with Crippen LogP contribution >= 0.6 is 23.2 Å². The van der Waals surface area contributed by atoms with Crippen LogP contribution in [0.25, 0.3) is 11.3 Å². The molecule has 0 saturated heterocycles. The number of alkyl halides is 3. The van der Waals surface area contributed by atoms with Crippen molar-refractivity contribution in [1.82, 2.24) is 9.97 Å². The zero-order valence-corrected chi connectivity index (χ0v) is 15.9. The highest BCUT2D eigenvalue weighted by molar-refractivity contribution is 6.42. The van der Waals surface area contributed by atoms with E-state index in [1.165, 1.54) is 24.4 Å². The van der Waals surface area contributed by atoms with E-state index in [0.29, 0.717) is 11.8 Å². The topological polar surface area (TPSA) is 72.3 Å². The van der Waals surface area contributed by atoms with E-state index >= 15 is 0 Å². The van der Waals surface area contributed by atoms with Gasteiger partial charge in [-0.2, -0.15) is 13.2 Å². The molecule has 1 N–H and O–H groups in total. The van der Waals surface area contributed by atoms with E-state index < -0.39 is 23.4 Å². The molecule has 2 heterocycles. The number of benzene rings is 1. The van der Waals surface area contributed by atoms with Crippen LogP contribution in [0.3, 0.4) is 0 Å². The molecule has 0 bridgehead atoms. The van der Waals surface area contributed by atoms with Crippen LogP contribution in [-0.2, 0) is 12.8 Å². The van der Waals surface area contributed by atoms with Crippen molar-refractivity contribution in [2.75, 3.05) is 0 Å². The fourth-order valence-electron chi connectivity index (χ4n) is 2.47. The van der Waals surface area contributed by atoms with Gasteiger partial charge in [0, 0.05) is 11.8 Å². The first kappa shape index (κ1) is 20.9. The predicted octanol–water partition coefficient (Wildman–Crippen LogP) is 5.75. The van der Waals surface area contributed by atoms with E-state index in [2.05, 4.69) is 9.97 Å². The molecule has 0 spiro atoms. The minimum absolute atomic E-state index is 0.120. The summed E-state index contributed by atoms with van der Waals surface area (Å²) in [5.74, 6) is -2.10. The maximum Gasteiger partial charge on any atom is 0.418 e. The highest BCUT2D eigenvalue weighted by Gasteiger charge is 2.38. The maximum absolute atomic E-state index is 13.4. The molecule has 0 aliphatic heterocycles. The second kappa shape index (κ2) is 8.26. The number of carbonyl (C=O) groups is 1. The molecular formula is C19H11Cl2F3N2O3. The second-order valence-electron chi connectivity index (χ2n) is 5.77. The molecule has 150 valence electrons. The molecule has 0 unspecified atom stereocenters. The Hall–Kier alpha value is -2.84. The lowest BCUT2D eigenvalue weighted by molar-refractivity contribution is -0.138.